The van der Waals surface area contributed by atoms with Gasteiger partial charge in [0.2, 0.25) is 0 Å². The van der Waals surface area contributed by atoms with Crippen LogP contribution >= 0.6 is 0 Å². The molecule has 0 atom stereocenters. The van der Waals surface area contributed by atoms with Crippen molar-refractivity contribution in [3.63, 3.8) is 0 Å². The summed E-state index contributed by atoms with van der Waals surface area (Å²) in [5.41, 5.74) is 0.588. The van der Waals surface area contributed by atoms with E-state index < -0.39 is 0 Å². The van der Waals surface area contributed by atoms with Crippen molar-refractivity contribution in [2.75, 3.05) is 18.4 Å². The Bertz CT molecular complexity index is 580. The Morgan fingerprint density at radius 1 is 1.40 bits per heavy atom. The van der Waals surface area contributed by atoms with E-state index in [4.69, 9.17) is 0 Å². The van der Waals surface area contributed by atoms with Gasteiger partial charge in [-0.1, -0.05) is 0 Å². The monoisotopic (exact) mass is 274 g/mol. The number of hydrogen-bond donors (Lipinski definition) is 2. The quantitative estimate of drug-likeness (QED) is 0.806. The Hall–Kier alpha value is -2.44. The van der Waals surface area contributed by atoms with Crippen molar-refractivity contribution in [2.24, 2.45) is 7.05 Å². The van der Waals surface area contributed by atoms with Gasteiger partial charge in [0.1, 0.15) is 12.1 Å². The predicted molar refractivity (Wildman–Crippen MR) is 75.4 cm³/mol. The third kappa shape index (κ3) is 3.78. The lowest BCUT2D eigenvalue weighted by Gasteiger charge is -2.06. The van der Waals surface area contributed by atoms with Crippen LogP contribution in [0.2, 0.25) is 0 Å². The molecule has 20 heavy (non-hydrogen) atoms. The van der Waals surface area contributed by atoms with Gasteiger partial charge in [0, 0.05) is 38.3 Å². The van der Waals surface area contributed by atoms with Crippen molar-refractivity contribution in [3.05, 3.63) is 36.0 Å². The van der Waals surface area contributed by atoms with E-state index in [1.165, 1.54) is 0 Å². The van der Waals surface area contributed by atoms with E-state index in [0.717, 1.165) is 12.4 Å². The molecule has 2 aromatic rings. The van der Waals surface area contributed by atoms with Crippen LogP contribution in [-0.2, 0) is 13.5 Å². The number of aryl methyl sites for hydroxylation is 1. The number of aromatic nitrogens is 4. The molecule has 0 aliphatic rings. The van der Waals surface area contributed by atoms with Crippen molar-refractivity contribution >= 4 is 11.7 Å². The Balaban J connectivity index is 1.86. The molecule has 7 heteroatoms. The molecule has 0 bridgehead atoms. The van der Waals surface area contributed by atoms with Gasteiger partial charge in [-0.25, -0.2) is 9.97 Å². The third-order valence-corrected chi connectivity index (χ3v) is 2.66. The molecule has 2 N–H and O–H groups in total. The van der Waals surface area contributed by atoms with E-state index in [1.807, 2.05) is 14.0 Å². The van der Waals surface area contributed by atoms with Crippen LogP contribution in [0.15, 0.2) is 24.7 Å². The van der Waals surface area contributed by atoms with Crippen molar-refractivity contribution < 1.29 is 4.79 Å². The standard InChI is InChI=1S/C13H18N6O/c1-3-14-12-8-10(4-6-15-12)13(20)16-7-5-11-17-9-19(2)18-11/h4,6,8-9H,3,5,7H2,1-2H3,(H,14,15)(H,16,20). The summed E-state index contributed by atoms with van der Waals surface area (Å²) >= 11 is 0. The molecule has 0 saturated heterocycles. The van der Waals surface area contributed by atoms with E-state index in [0.29, 0.717) is 24.3 Å². The van der Waals surface area contributed by atoms with Gasteiger partial charge in [-0.2, -0.15) is 5.10 Å². The maximum atomic E-state index is 12.0. The largest absolute Gasteiger partial charge is 0.370 e. The van der Waals surface area contributed by atoms with Crippen molar-refractivity contribution in [3.8, 4) is 0 Å². The molecule has 0 unspecified atom stereocenters. The molecule has 2 heterocycles. The number of hydrogen-bond acceptors (Lipinski definition) is 5. The number of nitrogens with zero attached hydrogens (tertiary/aromatic N) is 4. The van der Waals surface area contributed by atoms with Crippen LogP contribution in [0.4, 0.5) is 5.82 Å². The zero-order valence-corrected chi connectivity index (χ0v) is 11.6. The zero-order chi connectivity index (χ0) is 14.4. The summed E-state index contributed by atoms with van der Waals surface area (Å²) in [6.07, 6.45) is 3.87. The second kappa shape index (κ2) is 6.65. The van der Waals surface area contributed by atoms with Crippen LogP contribution < -0.4 is 10.6 Å². The molecule has 106 valence electrons. The number of amides is 1. The fourth-order valence-corrected chi connectivity index (χ4v) is 1.74. The highest BCUT2D eigenvalue weighted by molar-refractivity contribution is 5.94. The zero-order valence-electron chi connectivity index (χ0n) is 11.6. The minimum absolute atomic E-state index is 0.123. The third-order valence-electron chi connectivity index (χ3n) is 2.66. The second-order valence-electron chi connectivity index (χ2n) is 4.30. The number of carbonyl (C=O) groups is 1. The first kappa shape index (κ1) is 14.0. The molecule has 0 aromatic carbocycles. The van der Waals surface area contributed by atoms with Crippen LogP contribution in [0.1, 0.15) is 23.1 Å². The van der Waals surface area contributed by atoms with E-state index in [2.05, 4.69) is 25.7 Å². The lowest BCUT2D eigenvalue weighted by molar-refractivity contribution is 0.0954. The van der Waals surface area contributed by atoms with Gasteiger partial charge in [-0.05, 0) is 19.1 Å². The molecule has 0 spiro atoms. The highest BCUT2D eigenvalue weighted by Crippen LogP contribution is 2.06. The fraction of sp³-hybridized carbons (Fsp3) is 0.385. The molecular formula is C13H18N6O. The lowest BCUT2D eigenvalue weighted by Crippen LogP contribution is -2.26. The van der Waals surface area contributed by atoms with Crippen molar-refractivity contribution in [1.29, 1.82) is 0 Å². The van der Waals surface area contributed by atoms with Gasteiger partial charge < -0.3 is 10.6 Å². The first-order valence-corrected chi connectivity index (χ1v) is 6.51. The van der Waals surface area contributed by atoms with Gasteiger partial charge in [0.05, 0.1) is 0 Å². The summed E-state index contributed by atoms with van der Waals surface area (Å²) in [4.78, 5) is 20.2. The lowest BCUT2D eigenvalue weighted by atomic mass is 10.2. The molecular weight excluding hydrogens is 256 g/mol. The number of anilines is 1. The van der Waals surface area contributed by atoms with Crippen LogP contribution in [0.3, 0.4) is 0 Å². The number of rotatable bonds is 6. The average Bonchev–Trinajstić information content (AvgIpc) is 2.85. The first-order chi connectivity index (χ1) is 9.69. The first-order valence-electron chi connectivity index (χ1n) is 6.51. The molecule has 0 aliphatic carbocycles. The highest BCUT2D eigenvalue weighted by atomic mass is 16.1. The fourth-order valence-electron chi connectivity index (χ4n) is 1.74. The van der Waals surface area contributed by atoms with Crippen molar-refractivity contribution in [2.45, 2.75) is 13.3 Å². The molecule has 2 rings (SSSR count). The van der Waals surface area contributed by atoms with E-state index >= 15 is 0 Å². The van der Waals surface area contributed by atoms with Crippen molar-refractivity contribution in [1.82, 2.24) is 25.1 Å². The number of pyridine rings is 1. The Labute approximate surface area is 117 Å². The predicted octanol–water partition coefficient (Wildman–Crippen LogP) is 0.614. The van der Waals surface area contributed by atoms with Gasteiger partial charge in [0.15, 0.2) is 5.82 Å². The summed E-state index contributed by atoms with van der Waals surface area (Å²) in [5.74, 6) is 1.30. The van der Waals surface area contributed by atoms with Crippen LogP contribution in [0.5, 0.6) is 0 Å². The molecule has 1 amide bonds. The second-order valence-corrected chi connectivity index (χ2v) is 4.30. The van der Waals surface area contributed by atoms with Gasteiger partial charge in [-0.3, -0.25) is 9.48 Å². The summed E-state index contributed by atoms with van der Waals surface area (Å²) in [5, 5.41) is 10.1. The molecule has 0 saturated carbocycles. The highest BCUT2D eigenvalue weighted by Gasteiger charge is 2.07. The van der Waals surface area contributed by atoms with Gasteiger partial charge >= 0.3 is 0 Å². The maximum absolute atomic E-state index is 12.0. The summed E-state index contributed by atoms with van der Waals surface area (Å²) in [7, 11) is 1.81. The molecule has 0 radical (unpaired) electrons. The Morgan fingerprint density at radius 3 is 2.95 bits per heavy atom. The molecule has 2 aromatic heterocycles. The van der Waals surface area contributed by atoms with Gasteiger partial charge in [-0.15, -0.1) is 0 Å². The van der Waals surface area contributed by atoms with Crippen LogP contribution in [-0.4, -0.2) is 38.7 Å². The maximum Gasteiger partial charge on any atom is 0.251 e. The molecule has 0 fully saturated rings. The van der Waals surface area contributed by atoms with E-state index in [1.54, 1.807) is 29.3 Å². The van der Waals surface area contributed by atoms with Crippen LogP contribution in [0, 0.1) is 0 Å². The molecule has 7 nitrogen and oxygen atoms in total. The minimum atomic E-state index is -0.123. The summed E-state index contributed by atoms with van der Waals surface area (Å²) < 4.78 is 1.64. The Kier molecular flexibility index (Phi) is 4.65. The minimum Gasteiger partial charge on any atom is -0.370 e. The number of nitrogens with one attached hydrogen (secondary N) is 2. The van der Waals surface area contributed by atoms with E-state index in [-0.39, 0.29) is 5.91 Å². The Morgan fingerprint density at radius 2 is 2.25 bits per heavy atom. The summed E-state index contributed by atoms with van der Waals surface area (Å²) in [6.45, 7) is 3.25. The van der Waals surface area contributed by atoms with Crippen LogP contribution in [0.25, 0.3) is 0 Å². The smallest absolute Gasteiger partial charge is 0.251 e. The topological polar surface area (TPSA) is 84.7 Å². The average molecular weight is 274 g/mol. The van der Waals surface area contributed by atoms with E-state index in [9.17, 15) is 4.79 Å². The van der Waals surface area contributed by atoms with Gasteiger partial charge in [0.25, 0.3) is 5.91 Å². The summed E-state index contributed by atoms with van der Waals surface area (Å²) in [6, 6.07) is 3.42. The normalized spacial score (nSPS) is 10.3. The molecule has 0 aliphatic heterocycles. The number of carbonyl (C=O) groups excluding carboxylic acids is 1. The SMILES string of the molecule is CCNc1cc(C(=O)NCCc2ncn(C)n2)ccn1.